The second-order valence-corrected chi connectivity index (χ2v) is 7.36. The number of hydrogen-bond donors (Lipinski definition) is 0. The van der Waals surface area contributed by atoms with Gasteiger partial charge >= 0.3 is 0 Å². The first kappa shape index (κ1) is 16.4. The lowest BCUT2D eigenvalue weighted by molar-refractivity contribution is -0.117. The number of aromatic nitrogens is 2. The quantitative estimate of drug-likeness (QED) is 0.679. The molecule has 0 aliphatic carbocycles. The molecule has 3 aromatic rings. The van der Waals surface area contributed by atoms with Gasteiger partial charge in [0.05, 0.1) is 11.0 Å². The first-order chi connectivity index (χ1) is 11.4. The van der Waals surface area contributed by atoms with Gasteiger partial charge in [-0.3, -0.25) is 4.79 Å². The Hall–Kier alpha value is -2.42. The highest BCUT2D eigenvalue weighted by molar-refractivity contribution is 5.81. The number of Topliss-reactive ketones (excluding diaryl/α,β-unsaturated/α-hetero) is 1. The van der Waals surface area contributed by atoms with E-state index >= 15 is 0 Å². The summed E-state index contributed by atoms with van der Waals surface area (Å²) in [6.45, 7) is 8.93. The average molecular weight is 320 g/mol. The summed E-state index contributed by atoms with van der Waals surface area (Å²) < 4.78 is 2.16. The molecule has 124 valence electrons. The number of nitrogens with zero attached hydrogens (tertiary/aromatic N) is 2. The van der Waals surface area contributed by atoms with Crippen molar-refractivity contribution >= 4 is 16.8 Å². The van der Waals surface area contributed by atoms with Crippen LogP contribution in [-0.4, -0.2) is 15.3 Å². The van der Waals surface area contributed by atoms with Crippen molar-refractivity contribution in [1.29, 1.82) is 0 Å². The fourth-order valence-electron chi connectivity index (χ4n) is 2.91. The van der Waals surface area contributed by atoms with Crippen molar-refractivity contribution in [2.45, 2.75) is 46.1 Å². The van der Waals surface area contributed by atoms with E-state index < -0.39 is 0 Å². The van der Waals surface area contributed by atoms with Gasteiger partial charge in [-0.1, -0.05) is 57.2 Å². The van der Waals surface area contributed by atoms with Gasteiger partial charge in [-0.05, 0) is 30.0 Å². The van der Waals surface area contributed by atoms with Crippen LogP contribution in [0.25, 0.3) is 22.4 Å². The number of ketones is 1. The minimum atomic E-state index is 0.132. The predicted molar refractivity (Wildman–Crippen MR) is 99.2 cm³/mol. The maximum absolute atomic E-state index is 11.4. The maximum atomic E-state index is 11.4. The Balaban J connectivity index is 2.07. The largest absolute Gasteiger partial charge is 0.324 e. The summed E-state index contributed by atoms with van der Waals surface area (Å²) in [5.41, 5.74) is 4.57. The highest BCUT2D eigenvalue weighted by atomic mass is 16.1. The molecule has 0 spiro atoms. The molecule has 1 aromatic heterocycles. The zero-order chi connectivity index (χ0) is 17.3. The fourth-order valence-corrected chi connectivity index (χ4v) is 2.91. The number of carbonyl (C=O) groups is 1. The Morgan fingerprint density at radius 2 is 1.71 bits per heavy atom. The highest BCUT2D eigenvalue weighted by Crippen LogP contribution is 2.28. The van der Waals surface area contributed by atoms with E-state index in [1.807, 2.05) is 18.2 Å². The lowest BCUT2D eigenvalue weighted by Gasteiger charge is -2.19. The normalized spacial score (nSPS) is 11.8. The molecule has 3 nitrogen and oxygen atoms in total. The van der Waals surface area contributed by atoms with Gasteiger partial charge in [0.25, 0.3) is 0 Å². The third kappa shape index (κ3) is 3.25. The Kier molecular flexibility index (Phi) is 4.27. The molecule has 0 unspecified atom stereocenters. The van der Waals surface area contributed by atoms with E-state index in [0.717, 1.165) is 22.4 Å². The van der Waals surface area contributed by atoms with Gasteiger partial charge in [0.2, 0.25) is 0 Å². The number of fused-ring (bicyclic) bond motifs is 1. The first-order valence-corrected chi connectivity index (χ1v) is 8.42. The van der Waals surface area contributed by atoms with E-state index in [1.165, 1.54) is 5.56 Å². The van der Waals surface area contributed by atoms with Crippen molar-refractivity contribution in [3.63, 3.8) is 0 Å². The van der Waals surface area contributed by atoms with Crippen LogP contribution >= 0.6 is 0 Å². The van der Waals surface area contributed by atoms with Crippen molar-refractivity contribution in [3.05, 3.63) is 54.1 Å². The highest BCUT2D eigenvalue weighted by Gasteiger charge is 2.16. The number of rotatable bonds is 4. The zero-order valence-electron chi connectivity index (χ0n) is 14.8. The molecular formula is C21H24N2O. The molecule has 3 heteroatoms. The lowest BCUT2D eigenvalue weighted by atomic mass is 9.87. The Morgan fingerprint density at radius 1 is 1.04 bits per heavy atom. The van der Waals surface area contributed by atoms with Gasteiger partial charge in [-0.15, -0.1) is 0 Å². The van der Waals surface area contributed by atoms with Crippen molar-refractivity contribution in [1.82, 2.24) is 9.55 Å². The van der Waals surface area contributed by atoms with E-state index in [4.69, 9.17) is 4.98 Å². The van der Waals surface area contributed by atoms with Crippen LogP contribution < -0.4 is 0 Å². The van der Waals surface area contributed by atoms with Crippen LogP contribution in [0.2, 0.25) is 0 Å². The topological polar surface area (TPSA) is 34.9 Å². The molecule has 0 aliphatic heterocycles. The van der Waals surface area contributed by atoms with Crippen molar-refractivity contribution in [2.75, 3.05) is 0 Å². The molecule has 0 bridgehead atoms. The van der Waals surface area contributed by atoms with Crippen molar-refractivity contribution in [3.8, 4) is 11.4 Å². The number of hydrogen-bond acceptors (Lipinski definition) is 2. The number of carbonyl (C=O) groups excluding carboxylic acids is 1. The third-order valence-electron chi connectivity index (χ3n) is 4.35. The molecule has 0 aliphatic rings. The summed E-state index contributed by atoms with van der Waals surface area (Å²) in [7, 11) is 0. The summed E-state index contributed by atoms with van der Waals surface area (Å²) in [6.07, 6.45) is 0.521. The molecule has 3 rings (SSSR count). The van der Waals surface area contributed by atoms with Crippen LogP contribution in [-0.2, 0) is 16.8 Å². The van der Waals surface area contributed by atoms with Gasteiger partial charge in [-0.25, -0.2) is 4.98 Å². The van der Waals surface area contributed by atoms with E-state index in [2.05, 4.69) is 55.7 Å². The molecule has 24 heavy (non-hydrogen) atoms. The molecule has 0 fully saturated rings. The van der Waals surface area contributed by atoms with E-state index in [-0.39, 0.29) is 11.2 Å². The van der Waals surface area contributed by atoms with Crippen LogP contribution in [0.4, 0.5) is 0 Å². The number of para-hydroxylation sites is 2. The second-order valence-electron chi connectivity index (χ2n) is 7.36. The standard InChI is InChI=1S/C21H24N2O/c1-15(24)13-14-23-19-8-6-5-7-18(19)22-20(23)16-9-11-17(12-10-16)21(2,3)4/h5-12H,13-14H2,1-4H3. The Morgan fingerprint density at radius 3 is 2.33 bits per heavy atom. The van der Waals surface area contributed by atoms with Crippen LogP contribution in [0.3, 0.4) is 0 Å². The van der Waals surface area contributed by atoms with Gasteiger partial charge in [0.1, 0.15) is 11.6 Å². The summed E-state index contributed by atoms with van der Waals surface area (Å²) in [4.78, 5) is 16.2. The van der Waals surface area contributed by atoms with Crippen LogP contribution in [0.15, 0.2) is 48.5 Å². The Bertz CT molecular complexity index is 867. The third-order valence-corrected chi connectivity index (χ3v) is 4.35. The van der Waals surface area contributed by atoms with Gasteiger partial charge in [0, 0.05) is 18.5 Å². The smallest absolute Gasteiger partial charge is 0.141 e. The molecular weight excluding hydrogens is 296 g/mol. The van der Waals surface area contributed by atoms with Crippen molar-refractivity contribution < 1.29 is 4.79 Å². The van der Waals surface area contributed by atoms with Crippen LogP contribution in [0.1, 0.15) is 39.7 Å². The second kappa shape index (κ2) is 6.23. The molecule has 0 saturated heterocycles. The molecule has 0 radical (unpaired) electrons. The number of aryl methyl sites for hydroxylation is 1. The monoisotopic (exact) mass is 320 g/mol. The van der Waals surface area contributed by atoms with Gasteiger partial charge in [0.15, 0.2) is 0 Å². The fraction of sp³-hybridized carbons (Fsp3) is 0.333. The van der Waals surface area contributed by atoms with E-state index in [1.54, 1.807) is 6.92 Å². The number of benzene rings is 2. The van der Waals surface area contributed by atoms with E-state index in [9.17, 15) is 4.79 Å². The molecule has 0 saturated carbocycles. The minimum Gasteiger partial charge on any atom is -0.324 e. The average Bonchev–Trinajstić information content (AvgIpc) is 2.91. The van der Waals surface area contributed by atoms with E-state index in [0.29, 0.717) is 13.0 Å². The van der Waals surface area contributed by atoms with Crippen LogP contribution in [0, 0.1) is 0 Å². The lowest BCUT2D eigenvalue weighted by Crippen LogP contribution is -2.10. The van der Waals surface area contributed by atoms with Gasteiger partial charge in [-0.2, -0.15) is 0 Å². The molecule has 0 amide bonds. The SMILES string of the molecule is CC(=O)CCn1c(-c2ccc(C(C)(C)C)cc2)nc2ccccc21. The molecule has 0 N–H and O–H groups in total. The Labute approximate surface area is 143 Å². The zero-order valence-corrected chi connectivity index (χ0v) is 14.8. The molecule has 2 aromatic carbocycles. The van der Waals surface area contributed by atoms with Crippen molar-refractivity contribution in [2.24, 2.45) is 0 Å². The maximum Gasteiger partial charge on any atom is 0.141 e. The summed E-state index contributed by atoms with van der Waals surface area (Å²) in [5.74, 6) is 1.12. The number of imidazole rings is 1. The summed E-state index contributed by atoms with van der Waals surface area (Å²) in [5, 5.41) is 0. The van der Waals surface area contributed by atoms with Crippen LogP contribution in [0.5, 0.6) is 0 Å². The van der Waals surface area contributed by atoms with Gasteiger partial charge < -0.3 is 4.57 Å². The molecule has 1 heterocycles. The molecule has 0 atom stereocenters. The summed E-state index contributed by atoms with van der Waals surface area (Å²) >= 11 is 0. The predicted octanol–water partition coefficient (Wildman–Crippen LogP) is 4.98. The first-order valence-electron chi connectivity index (χ1n) is 8.42. The summed E-state index contributed by atoms with van der Waals surface area (Å²) in [6, 6.07) is 16.7. The minimum absolute atomic E-state index is 0.132.